The van der Waals surface area contributed by atoms with Crippen molar-refractivity contribution in [2.45, 2.75) is 26.7 Å². The number of pyridine rings is 1. The van der Waals surface area contributed by atoms with Crippen LogP contribution in [0.5, 0.6) is 5.75 Å². The molecule has 2 N–H and O–H groups in total. The van der Waals surface area contributed by atoms with Crippen LogP contribution >= 0.6 is 22.7 Å². The van der Waals surface area contributed by atoms with E-state index < -0.39 is 11.8 Å². The minimum Gasteiger partial charge on any atom is -0.488 e. The summed E-state index contributed by atoms with van der Waals surface area (Å²) in [5, 5.41) is 15.3. The third-order valence-corrected chi connectivity index (χ3v) is 7.50. The third-order valence-electron chi connectivity index (χ3n) is 5.55. The first kappa shape index (κ1) is 26.7. The monoisotopic (exact) mass is 541 g/mol. The van der Waals surface area contributed by atoms with Gasteiger partial charge in [-0.05, 0) is 54.5 Å². The Morgan fingerprint density at radius 1 is 1.19 bits per heavy atom. The number of aromatic nitrogens is 2. The third kappa shape index (κ3) is 6.71. The molecule has 7 nitrogen and oxygen atoms in total. The van der Waals surface area contributed by atoms with Gasteiger partial charge in [0.2, 0.25) is 0 Å². The molecule has 0 radical (unpaired) electrons. The summed E-state index contributed by atoms with van der Waals surface area (Å²) in [6.07, 6.45) is 3.34. The maximum Gasteiger partial charge on any atom is 0.339 e. The van der Waals surface area contributed by atoms with Crippen LogP contribution in [-0.2, 0) is 11.2 Å². The van der Waals surface area contributed by atoms with Crippen LogP contribution in [0.2, 0.25) is 0 Å². The zero-order chi connectivity index (χ0) is 26.4. The van der Waals surface area contributed by atoms with Crippen LogP contribution in [0.25, 0.3) is 21.7 Å². The number of hydrogen-bond acceptors (Lipinski definition) is 8. The number of rotatable bonds is 12. The molecule has 4 rings (SSSR count). The van der Waals surface area contributed by atoms with Gasteiger partial charge in [0.1, 0.15) is 18.0 Å². The lowest BCUT2D eigenvalue weighted by atomic mass is 10.0. The number of carboxylic acids is 1. The van der Waals surface area contributed by atoms with Crippen molar-refractivity contribution < 1.29 is 23.8 Å². The van der Waals surface area contributed by atoms with Crippen molar-refractivity contribution in [1.82, 2.24) is 9.97 Å². The summed E-state index contributed by atoms with van der Waals surface area (Å²) in [5.74, 6) is -0.734. The van der Waals surface area contributed by atoms with Gasteiger partial charge in [-0.25, -0.2) is 19.2 Å². The molecule has 37 heavy (non-hydrogen) atoms. The number of ether oxygens (including phenoxy) is 2. The fraction of sp³-hybridized carbons (Fsp3) is 0.296. The van der Waals surface area contributed by atoms with Crippen molar-refractivity contribution in [3.8, 4) is 27.4 Å². The molecule has 0 bridgehead atoms. The molecule has 0 aliphatic carbocycles. The number of thiophene rings is 1. The highest BCUT2D eigenvalue weighted by molar-refractivity contribution is 7.16. The van der Waals surface area contributed by atoms with Gasteiger partial charge in [0.15, 0.2) is 16.7 Å². The molecular weight excluding hydrogens is 513 g/mol. The molecule has 0 atom stereocenters. The number of benzene rings is 1. The molecule has 0 saturated carbocycles. The topological polar surface area (TPSA) is 93.6 Å². The second-order valence-electron chi connectivity index (χ2n) is 8.74. The van der Waals surface area contributed by atoms with Gasteiger partial charge >= 0.3 is 5.97 Å². The SMILES string of the molecule is COCCOc1ccc(-c2nc(Nc3ncc(-c4cccs4)cc3C(=O)O)sc2CCC(C)C)cc1F. The maximum atomic E-state index is 14.8. The number of nitrogens with one attached hydrogen (secondary N) is 1. The van der Waals surface area contributed by atoms with Gasteiger partial charge < -0.3 is 19.9 Å². The number of halogens is 1. The zero-order valence-corrected chi connectivity index (χ0v) is 22.4. The molecule has 0 spiro atoms. The van der Waals surface area contributed by atoms with Gasteiger partial charge in [0, 0.05) is 34.2 Å². The molecule has 4 aromatic rings. The summed E-state index contributed by atoms with van der Waals surface area (Å²) in [6, 6.07) is 10.2. The van der Waals surface area contributed by atoms with Crippen LogP contribution in [-0.4, -0.2) is 41.4 Å². The molecule has 3 aromatic heterocycles. The van der Waals surface area contributed by atoms with Crippen molar-refractivity contribution in [3.05, 3.63) is 64.2 Å². The van der Waals surface area contributed by atoms with Gasteiger partial charge in [-0.15, -0.1) is 22.7 Å². The highest BCUT2D eigenvalue weighted by Gasteiger charge is 2.19. The largest absolute Gasteiger partial charge is 0.488 e. The highest BCUT2D eigenvalue weighted by atomic mass is 32.1. The number of anilines is 2. The summed E-state index contributed by atoms with van der Waals surface area (Å²) in [7, 11) is 1.56. The normalized spacial score (nSPS) is 11.2. The molecule has 1 aromatic carbocycles. The number of aromatic carboxylic acids is 1. The van der Waals surface area contributed by atoms with Gasteiger partial charge in [0.25, 0.3) is 0 Å². The Balaban J connectivity index is 1.65. The molecule has 0 aliphatic heterocycles. The Labute approximate surface area is 223 Å². The summed E-state index contributed by atoms with van der Waals surface area (Å²) >= 11 is 2.93. The number of nitrogens with zero attached hydrogens (tertiary/aromatic N) is 2. The number of carbonyl (C=O) groups is 1. The van der Waals surface area contributed by atoms with E-state index >= 15 is 0 Å². The van der Waals surface area contributed by atoms with E-state index in [1.165, 1.54) is 28.7 Å². The first-order valence-corrected chi connectivity index (χ1v) is 13.5. The van der Waals surface area contributed by atoms with E-state index in [9.17, 15) is 14.3 Å². The van der Waals surface area contributed by atoms with Crippen LogP contribution in [0, 0.1) is 11.7 Å². The lowest BCUT2D eigenvalue weighted by Gasteiger charge is -2.09. The molecule has 0 saturated heterocycles. The summed E-state index contributed by atoms with van der Waals surface area (Å²) in [6.45, 7) is 4.90. The van der Waals surface area contributed by atoms with E-state index in [2.05, 4.69) is 24.1 Å². The molecule has 0 aliphatic rings. The van der Waals surface area contributed by atoms with E-state index in [0.717, 1.165) is 28.2 Å². The standard InChI is InChI=1S/C27H28FN3O4S2/c1-16(2)6-9-23-24(17-7-8-21(20(28)14-17)35-11-10-34-3)30-27(37-23)31-25-19(26(32)33)13-18(15-29-25)22-5-4-12-36-22/h4-5,7-8,12-16H,6,9-11H2,1-3H3,(H,32,33)(H,29,30,31). The first-order chi connectivity index (χ1) is 17.9. The number of aryl methyl sites for hydroxylation is 1. The minimum atomic E-state index is -1.09. The van der Waals surface area contributed by atoms with E-state index in [1.807, 2.05) is 17.5 Å². The average Bonchev–Trinajstić information content (AvgIpc) is 3.54. The van der Waals surface area contributed by atoms with Crippen molar-refractivity contribution in [3.63, 3.8) is 0 Å². The number of hydrogen-bond donors (Lipinski definition) is 2. The van der Waals surface area contributed by atoms with Gasteiger partial charge in [-0.1, -0.05) is 19.9 Å². The Bertz CT molecular complexity index is 1360. The van der Waals surface area contributed by atoms with Crippen LogP contribution in [0.3, 0.4) is 0 Å². The van der Waals surface area contributed by atoms with Crippen LogP contribution in [0.15, 0.2) is 48.0 Å². The molecule has 0 fully saturated rings. The van der Waals surface area contributed by atoms with Crippen LogP contribution < -0.4 is 10.1 Å². The Morgan fingerprint density at radius 3 is 2.70 bits per heavy atom. The maximum absolute atomic E-state index is 14.8. The Hall–Kier alpha value is -3.34. The Morgan fingerprint density at radius 2 is 2.03 bits per heavy atom. The summed E-state index contributed by atoms with van der Waals surface area (Å²) < 4.78 is 25.2. The van der Waals surface area contributed by atoms with Crippen molar-refractivity contribution >= 4 is 39.6 Å². The summed E-state index contributed by atoms with van der Waals surface area (Å²) in [5.41, 5.74) is 2.07. The predicted octanol–water partition coefficient (Wildman–Crippen LogP) is 7.13. The molecule has 0 amide bonds. The number of thiazole rings is 1. The van der Waals surface area contributed by atoms with E-state index in [1.54, 1.807) is 31.5 Å². The lowest BCUT2D eigenvalue weighted by Crippen LogP contribution is -2.05. The van der Waals surface area contributed by atoms with E-state index in [4.69, 9.17) is 14.5 Å². The van der Waals surface area contributed by atoms with Crippen molar-refractivity contribution in [1.29, 1.82) is 0 Å². The van der Waals surface area contributed by atoms with Crippen LogP contribution in [0.1, 0.15) is 35.5 Å². The quantitative estimate of drug-likeness (QED) is 0.184. The predicted molar refractivity (Wildman–Crippen MR) is 146 cm³/mol. The first-order valence-electron chi connectivity index (χ1n) is 11.8. The molecule has 10 heteroatoms. The molecular formula is C27H28FN3O4S2. The van der Waals surface area contributed by atoms with E-state index in [-0.39, 0.29) is 23.7 Å². The zero-order valence-electron chi connectivity index (χ0n) is 20.8. The van der Waals surface area contributed by atoms with Crippen molar-refractivity contribution in [2.75, 3.05) is 25.6 Å². The van der Waals surface area contributed by atoms with Gasteiger partial charge in [-0.3, -0.25) is 0 Å². The highest BCUT2D eigenvalue weighted by Crippen LogP contribution is 2.36. The van der Waals surface area contributed by atoms with Crippen LogP contribution in [0.4, 0.5) is 15.3 Å². The summed E-state index contributed by atoms with van der Waals surface area (Å²) in [4.78, 5) is 23.0. The molecule has 3 heterocycles. The number of carboxylic acid groups (broad SMARTS) is 1. The number of methoxy groups -OCH3 is 1. The second kappa shape index (κ2) is 12.3. The Kier molecular flexibility index (Phi) is 8.86. The molecule has 0 unspecified atom stereocenters. The smallest absolute Gasteiger partial charge is 0.339 e. The lowest BCUT2D eigenvalue weighted by molar-refractivity contribution is 0.0697. The van der Waals surface area contributed by atoms with Crippen molar-refractivity contribution in [2.24, 2.45) is 5.92 Å². The fourth-order valence-electron chi connectivity index (χ4n) is 3.63. The van der Waals surface area contributed by atoms with Gasteiger partial charge in [-0.2, -0.15) is 0 Å². The minimum absolute atomic E-state index is 0.0509. The van der Waals surface area contributed by atoms with E-state index in [0.29, 0.717) is 28.9 Å². The fourth-order valence-corrected chi connectivity index (χ4v) is 5.33. The average molecular weight is 542 g/mol. The van der Waals surface area contributed by atoms with Gasteiger partial charge in [0.05, 0.1) is 12.3 Å². The second-order valence-corrected chi connectivity index (χ2v) is 10.8. The molecule has 194 valence electrons.